The topological polar surface area (TPSA) is 62.5 Å². The molecule has 1 amide bonds. The normalized spacial score (nSPS) is 15.8. The summed E-state index contributed by atoms with van der Waals surface area (Å²) >= 11 is 1.37. The molecule has 1 aliphatic heterocycles. The van der Waals surface area contributed by atoms with Crippen LogP contribution in [0, 0.1) is 5.92 Å². The highest BCUT2D eigenvalue weighted by molar-refractivity contribution is 7.97. The zero-order chi connectivity index (χ0) is 17.2. The third-order valence-corrected chi connectivity index (χ3v) is 5.22. The Labute approximate surface area is 150 Å². The fraction of sp³-hybridized carbons (Fsp3) is 0.389. The number of aromatic nitrogens is 3. The van der Waals surface area contributed by atoms with Crippen LogP contribution in [-0.2, 0) is 4.79 Å². The van der Waals surface area contributed by atoms with Crippen LogP contribution in [0.5, 0.6) is 0 Å². The van der Waals surface area contributed by atoms with Crippen molar-refractivity contribution in [2.75, 3.05) is 24.2 Å². The van der Waals surface area contributed by atoms with Crippen LogP contribution in [-0.4, -0.2) is 39.6 Å². The summed E-state index contributed by atoms with van der Waals surface area (Å²) in [6.45, 7) is 1.86. The van der Waals surface area contributed by atoms with E-state index in [1.54, 1.807) is 0 Å². The van der Waals surface area contributed by atoms with Gasteiger partial charge in [-0.05, 0) is 37.0 Å². The van der Waals surface area contributed by atoms with Gasteiger partial charge >= 0.3 is 0 Å². The molecule has 1 aliphatic rings. The number of carbonyl (C=O) groups excluding carboxylic acids is 1. The summed E-state index contributed by atoms with van der Waals surface area (Å²) in [7, 11) is 0. The van der Waals surface area contributed by atoms with Gasteiger partial charge in [0, 0.05) is 32.0 Å². The molecule has 1 saturated heterocycles. The molecule has 0 saturated carbocycles. The zero-order valence-electron chi connectivity index (χ0n) is 14.2. The van der Waals surface area contributed by atoms with Gasteiger partial charge in [-0.2, -0.15) is 4.98 Å². The van der Waals surface area contributed by atoms with Crippen molar-refractivity contribution in [2.24, 2.45) is 5.92 Å². The van der Waals surface area contributed by atoms with E-state index in [-0.39, 0.29) is 5.91 Å². The van der Waals surface area contributed by atoms with Crippen molar-refractivity contribution in [2.45, 2.75) is 19.3 Å². The smallest absolute Gasteiger partial charge is 0.236 e. The van der Waals surface area contributed by atoms with Crippen LogP contribution in [0.4, 0.5) is 5.82 Å². The summed E-state index contributed by atoms with van der Waals surface area (Å²) in [6, 6.07) is 10.1. The lowest BCUT2D eigenvalue weighted by atomic mass is 9.93. The quantitative estimate of drug-likeness (QED) is 0.729. The van der Waals surface area contributed by atoms with E-state index >= 15 is 0 Å². The number of hydrogen-bond donors (Lipinski definition) is 1. The van der Waals surface area contributed by atoms with E-state index in [0.717, 1.165) is 48.6 Å². The number of nitrogens with zero attached hydrogens (tertiary/aromatic N) is 4. The van der Waals surface area contributed by atoms with Crippen LogP contribution >= 0.6 is 11.9 Å². The molecule has 4 rings (SSSR count). The number of anilines is 1. The maximum Gasteiger partial charge on any atom is 0.236 e. The van der Waals surface area contributed by atoms with Gasteiger partial charge < -0.3 is 9.62 Å². The largest absolute Gasteiger partial charge is 0.356 e. The van der Waals surface area contributed by atoms with E-state index < -0.39 is 0 Å². The monoisotopic (exact) mass is 355 g/mol. The molecule has 1 fully saturated rings. The second-order valence-corrected chi connectivity index (χ2v) is 7.03. The summed E-state index contributed by atoms with van der Waals surface area (Å²) < 4.78 is 4.84. The van der Waals surface area contributed by atoms with Gasteiger partial charge in [0.15, 0.2) is 0 Å². The number of benzene rings is 1. The summed E-state index contributed by atoms with van der Waals surface area (Å²) in [6.07, 6.45) is 6.58. The van der Waals surface area contributed by atoms with Gasteiger partial charge in [0.25, 0.3) is 0 Å². The summed E-state index contributed by atoms with van der Waals surface area (Å²) in [5.41, 5.74) is 2.04. The predicted octanol–water partition coefficient (Wildman–Crippen LogP) is 2.88. The molecule has 2 aromatic heterocycles. The van der Waals surface area contributed by atoms with Crippen LogP contribution < -0.4 is 9.62 Å². The van der Waals surface area contributed by atoms with Crippen molar-refractivity contribution in [3.05, 3.63) is 36.5 Å². The Hall–Kier alpha value is -2.28. The first kappa shape index (κ1) is 16.2. The van der Waals surface area contributed by atoms with Gasteiger partial charge in [-0.3, -0.25) is 9.20 Å². The van der Waals surface area contributed by atoms with E-state index in [0.29, 0.717) is 12.3 Å². The van der Waals surface area contributed by atoms with Gasteiger partial charge in [0.1, 0.15) is 5.82 Å². The van der Waals surface area contributed by atoms with Crippen molar-refractivity contribution in [1.82, 2.24) is 19.1 Å². The molecular weight excluding hydrogens is 334 g/mol. The van der Waals surface area contributed by atoms with E-state index in [1.165, 1.54) is 11.9 Å². The number of para-hydroxylation sites is 2. The molecule has 3 heterocycles. The number of nitrogens with one attached hydrogen (secondary N) is 1. The molecule has 0 atom stereocenters. The standard InChI is InChI=1S/C18H21N5OS/c1-25-21-17(24)12-13-6-9-22(10-7-13)16-8-11-23-15-5-3-2-4-14(15)19-18(23)20-16/h2-5,8,11,13H,6-7,9-10,12H2,1H3,(H,21,24). The Bertz CT molecular complexity index is 901. The fourth-order valence-electron chi connectivity index (χ4n) is 3.50. The maximum atomic E-state index is 11.7. The second kappa shape index (κ2) is 6.92. The number of amides is 1. The van der Waals surface area contributed by atoms with Crippen LogP contribution in [0.1, 0.15) is 19.3 Å². The number of fused-ring (bicyclic) bond motifs is 3. The highest BCUT2D eigenvalue weighted by Gasteiger charge is 2.22. The summed E-state index contributed by atoms with van der Waals surface area (Å²) in [4.78, 5) is 23.4. The Morgan fingerprint density at radius 2 is 2.04 bits per heavy atom. The number of piperidine rings is 1. The van der Waals surface area contributed by atoms with E-state index in [2.05, 4.69) is 26.7 Å². The molecular formula is C18H21N5OS. The van der Waals surface area contributed by atoms with Gasteiger partial charge in [0.05, 0.1) is 11.0 Å². The van der Waals surface area contributed by atoms with Gasteiger partial charge in [-0.1, -0.05) is 24.1 Å². The van der Waals surface area contributed by atoms with Crippen molar-refractivity contribution in [3.63, 3.8) is 0 Å². The number of hydrogen-bond acceptors (Lipinski definition) is 5. The van der Waals surface area contributed by atoms with E-state index in [9.17, 15) is 4.79 Å². The van der Waals surface area contributed by atoms with Crippen LogP contribution in [0.15, 0.2) is 36.5 Å². The lowest BCUT2D eigenvalue weighted by Crippen LogP contribution is -2.35. The molecule has 6 nitrogen and oxygen atoms in total. The molecule has 0 radical (unpaired) electrons. The van der Waals surface area contributed by atoms with Gasteiger partial charge in [0.2, 0.25) is 11.7 Å². The number of carbonyl (C=O) groups is 1. The third kappa shape index (κ3) is 3.28. The Morgan fingerprint density at radius 1 is 1.24 bits per heavy atom. The average Bonchev–Trinajstić information content (AvgIpc) is 3.00. The molecule has 0 spiro atoms. The molecule has 0 bridgehead atoms. The molecule has 25 heavy (non-hydrogen) atoms. The van der Waals surface area contributed by atoms with Crippen molar-refractivity contribution >= 4 is 40.5 Å². The summed E-state index contributed by atoms with van der Waals surface area (Å²) in [5, 5.41) is 0. The zero-order valence-corrected chi connectivity index (χ0v) is 15.0. The van der Waals surface area contributed by atoms with E-state index in [4.69, 9.17) is 4.98 Å². The highest BCUT2D eigenvalue weighted by atomic mass is 32.2. The lowest BCUT2D eigenvalue weighted by Gasteiger charge is -2.32. The third-order valence-electron chi connectivity index (χ3n) is 4.79. The highest BCUT2D eigenvalue weighted by Crippen LogP contribution is 2.25. The first-order chi connectivity index (χ1) is 12.2. The first-order valence-electron chi connectivity index (χ1n) is 8.55. The Morgan fingerprint density at radius 3 is 2.84 bits per heavy atom. The van der Waals surface area contributed by atoms with Gasteiger partial charge in [-0.25, -0.2) is 4.98 Å². The second-order valence-electron chi connectivity index (χ2n) is 6.42. The van der Waals surface area contributed by atoms with Crippen LogP contribution in [0.2, 0.25) is 0 Å². The van der Waals surface area contributed by atoms with Crippen molar-refractivity contribution < 1.29 is 4.79 Å². The minimum Gasteiger partial charge on any atom is -0.356 e. The predicted molar refractivity (Wildman–Crippen MR) is 102 cm³/mol. The molecule has 3 aromatic rings. The van der Waals surface area contributed by atoms with Crippen LogP contribution in [0.25, 0.3) is 16.8 Å². The minimum atomic E-state index is 0.134. The molecule has 1 aromatic carbocycles. The SMILES string of the molecule is CSNC(=O)CC1CCN(c2ccn3c(n2)nc2ccccc23)CC1. The molecule has 130 valence electrons. The Balaban J connectivity index is 1.48. The maximum absolute atomic E-state index is 11.7. The summed E-state index contributed by atoms with van der Waals surface area (Å²) in [5.74, 6) is 2.30. The average molecular weight is 355 g/mol. The fourth-order valence-corrected chi connectivity index (χ4v) is 3.81. The number of rotatable bonds is 4. The first-order valence-corrected chi connectivity index (χ1v) is 9.77. The molecule has 1 N–H and O–H groups in total. The van der Waals surface area contributed by atoms with Crippen molar-refractivity contribution in [1.29, 1.82) is 0 Å². The number of imidazole rings is 1. The minimum absolute atomic E-state index is 0.134. The molecule has 0 aliphatic carbocycles. The lowest BCUT2D eigenvalue weighted by molar-refractivity contribution is -0.120. The Kier molecular flexibility index (Phi) is 4.48. The van der Waals surface area contributed by atoms with Gasteiger partial charge in [-0.15, -0.1) is 0 Å². The van der Waals surface area contributed by atoms with E-state index in [1.807, 2.05) is 35.1 Å². The van der Waals surface area contributed by atoms with Crippen molar-refractivity contribution in [3.8, 4) is 0 Å². The van der Waals surface area contributed by atoms with Crippen LogP contribution in [0.3, 0.4) is 0 Å². The molecule has 0 unspecified atom stereocenters. The molecule has 7 heteroatoms.